The third-order valence-corrected chi connectivity index (χ3v) is 4.54. The fourth-order valence-electron chi connectivity index (χ4n) is 2.96. The average molecular weight is 398 g/mol. The molecule has 0 aliphatic carbocycles. The molecule has 0 saturated carbocycles. The molecule has 0 aromatic heterocycles. The molecule has 29 heavy (non-hydrogen) atoms. The predicted molar refractivity (Wildman–Crippen MR) is 104 cm³/mol. The van der Waals surface area contributed by atoms with Crippen LogP contribution in [0.5, 0.6) is 0 Å². The summed E-state index contributed by atoms with van der Waals surface area (Å²) in [4.78, 5) is 12.4. The Morgan fingerprint density at radius 3 is 2.38 bits per heavy atom. The van der Waals surface area contributed by atoms with Crippen molar-refractivity contribution < 1.29 is 18.0 Å². The van der Waals surface area contributed by atoms with Gasteiger partial charge < -0.3 is 5.32 Å². The molecule has 3 aromatic rings. The lowest BCUT2D eigenvalue weighted by molar-refractivity contribution is -0.137. The highest BCUT2D eigenvalue weighted by atomic mass is 19.4. The lowest BCUT2D eigenvalue weighted by atomic mass is 9.96. The van der Waals surface area contributed by atoms with Crippen LogP contribution in [-0.4, -0.2) is 17.8 Å². The summed E-state index contributed by atoms with van der Waals surface area (Å²) in [5.74, 6) is -0.670. The van der Waals surface area contributed by atoms with Gasteiger partial charge in [0.25, 0.3) is 5.91 Å². The molecule has 8 heteroatoms. The number of fused-ring (bicyclic) bond motifs is 1. The first kappa shape index (κ1) is 20.2. The second-order valence-electron chi connectivity index (χ2n) is 6.51. The molecule has 0 saturated heterocycles. The first-order valence-electron chi connectivity index (χ1n) is 8.68. The minimum Gasteiger partial charge on any atom is -0.342 e. The van der Waals surface area contributed by atoms with E-state index < -0.39 is 23.7 Å². The monoisotopic (exact) mass is 398 g/mol. The number of hydrogen-bond donors (Lipinski definition) is 3. The average Bonchev–Trinajstić information content (AvgIpc) is 2.71. The predicted octanol–water partition coefficient (Wildman–Crippen LogP) is 5.65. The number of carbonyl (C=O) groups excluding carboxylic acids is 1. The molecule has 3 aromatic carbocycles. The van der Waals surface area contributed by atoms with Crippen LogP contribution in [0.25, 0.3) is 21.9 Å². The number of nitrogens with zero attached hydrogens (tertiary/aromatic N) is 1. The second kappa shape index (κ2) is 7.83. The van der Waals surface area contributed by atoms with Gasteiger partial charge in [0.1, 0.15) is 0 Å². The standard InChI is InChI=1S/C21H17F3N4O/c1-12(19(25)28-26)27-20(29)15-7-10-18-14(11-15)3-2-4-17(18)13-5-8-16(9-6-13)21(22,23)24/h2-12,25-26H,1H3,(H,27,29)/t12-/m1/s1. The molecule has 1 amide bonds. The van der Waals surface area contributed by atoms with Crippen LogP contribution < -0.4 is 5.32 Å². The highest BCUT2D eigenvalue weighted by molar-refractivity contribution is 6.03. The van der Waals surface area contributed by atoms with Gasteiger partial charge in [-0.1, -0.05) is 36.4 Å². The summed E-state index contributed by atoms with van der Waals surface area (Å²) >= 11 is 0. The van der Waals surface area contributed by atoms with Crippen molar-refractivity contribution in [1.29, 1.82) is 10.9 Å². The fraction of sp³-hybridized carbons (Fsp3) is 0.143. The molecule has 0 unspecified atom stereocenters. The van der Waals surface area contributed by atoms with Gasteiger partial charge in [0.05, 0.1) is 11.6 Å². The zero-order valence-corrected chi connectivity index (χ0v) is 15.3. The Labute approximate surface area is 164 Å². The van der Waals surface area contributed by atoms with Crippen LogP contribution >= 0.6 is 0 Å². The first-order chi connectivity index (χ1) is 13.7. The number of benzene rings is 3. The number of amidine groups is 1. The maximum atomic E-state index is 12.8. The van der Waals surface area contributed by atoms with E-state index in [0.717, 1.165) is 28.5 Å². The molecule has 0 spiro atoms. The minimum absolute atomic E-state index is 0.260. The van der Waals surface area contributed by atoms with E-state index in [1.165, 1.54) is 12.1 Å². The van der Waals surface area contributed by atoms with Crippen molar-refractivity contribution in [2.45, 2.75) is 19.1 Å². The summed E-state index contributed by atoms with van der Waals surface area (Å²) in [5.41, 5.74) is 7.89. The molecule has 0 fully saturated rings. The number of amides is 1. The Morgan fingerprint density at radius 1 is 1.07 bits per heavy atom. The highest BCUT2D eigenvalue weighted by Gasteiger charge is 2.30. The smallest absolute Gasteiger partial charge is 0.342 e. The molecule has 0 aliphatic heterocycles. The van der Waals surface area contributed by atoms with Crippen molar-refractivity contribution in [3.05, 3.63) is 71.8 Å². The Kier molecular flexibility index (Phi) is 5.45. The summed E-state index contributed by atoms with van der Waals surface area (Å²) in [6, 6.07) is 14.7. The van der Waals surface area contributed by atoms with Gasteiger partial charge >= 0.3 is 6.18 Å². The van der Waals surface area contributed by atoms with E-state index in [9.17, 15) is 18.0 Å². The largest absolute Gasteiger partial charge is 0.416 e. The van der Waals surface area contributed by atoms with E-state index in [1.807, 2.05) is 12.1 Å². The molecule has 0 aliphatic rings. The third kappa shape index (κ3) is 4.31. The van der Waals surface area contributed by atoms with Crippen molar-refractivity contribution in [3.8, 4) is 11.1 Å². The van der Waals surface area contributed by atoms with Crippen LogP contribution in [0, 0.1) is 10.9 Å². The molecule has 0 radical (unpaired) electrons. The fourth-order valence-corrected chi connectivity index (χ4v) is 2.96. The topological polar surface area (TPSA) is 89.2 Å². The number of hydrogen-bond acceptors (Lipinski definition) is 3. The summed E-state index contributed by atoms with van der Waals surface area (Å²) < 4.78 is 38.4. The molecule has 3 N–H and O–H groups in total. The van der Waals surface area contributed by atoms with Gasteiger partial charge in [0.2, 0.25) is 0 Å². The van der Waals surface area contributed by atoms with E-state index in [4.69, 9.17) is 10.9 Å². The van der Waals surface area contributed by atoms with Crippen LogP contribution in [-0.2, 0) is 6.18 Å². The quantitative estimate of drug-likeness (QED) is 0.296. The minimum atomic E-state index is -4.39. The van der Waals surface area contributed by atoms with Gasteiger partial charge in [0, 0.05) is 5.56 Å². The summed E-state index contributed by atoms with van der Waals surface area (Å²) in [5, 5.41) is 14.6. The SMILES string of the molecule is C[C@@H](NC(=O)c1ccc2c(-c3ccc(C(F)(F)F)cc3)cccc2c1)C(=N)N=N. The van der Waals surface area contributed by atoms with Gasteiger partial charge in [-0.3, -0.25) is 10.2 Å². The second-order valence-corrected chi connectivity index (χ2v) is 6.51. The van der Waals surface area contributed by atoms with Gasteiger partial charge in [-0.15, -0.1) is 5.11 Å². The Bertz CT molecular complexity index is 1090. The van der Waals surface area contributed by atoms with E-state index >= 15 is 0 Å². The van der Waals surface area contributed by atoms with Crippen LogP contribution in [0.4, 0.5) is 13.2 Å². The zero-order chi connectivity index (χ0) is 21.2. The lowest BCUT2D eigenvalue weighted by Crippen LogP contribution is -2.37. The summed E-state index contributed by atoms with van der Waals surface area (Å²) in [6.45, 7) is 1.56. The number of rotatable bonds is 4. The van der Waals surface area contributed by atoms with E-state index in [0.29, 0.717) is 11.1 Å². The van der Waals surface area contributed by atoms with Crippen molar-refractivity contribution >= 4 is 22.5 Å². The third-order valence-electron chi connectivity index (χ3n) is 4.54. The zero-order valence-electron chi connectivity index (χ0n) is 15.3. The molecule has 148 valence electrons. The van der Waals surface area contributed by atoms with Crippen molar-refractivity contribution in [3.63, 3.8) is 0 Å². The number of alkyl halides is 3. The lowest BCUT2D eigenvalue weighted by Gasteiger charge is -2.13. The number of halogens is 3. The Balaban J connectivity index is 1.93. The molecular formula is C21H17F3N4O. The van der Waals surface area contributed by atoms with Crippen molar-refractivity contribution in [2.24, 2.45) is 5.11 Å². The van der Waals surface area contributed by atoms with Crippen LogP contribution in [0.15, 0.2) is 65.8 Å². The van der Waals surface area contributed by atoms with E-state index in [1.54, 1.807) is 31.2 Å². The van der Waals surface area contributed by atoms with Crippen LogP contribution in [0.3, 0.4) is 0 Å². The molecular weight excluding hydrogens is 381 g/mol. The maximum Gasteiger partial charge on any atom is 0.416 e. The van der Waals surface area contributed by atoms with Crippen molar-refractivity contribution in [1.82, 2.24) is 5.32 Å². The Hall–Kier alpha value is -3.55. The van der Waals surface area contributed by atoms with Crippen LogP contribution in [0.2, 0.25) is 0 Å². The van der Waals surface area contributed by atoms with Gasteiger partial charge in [-0.05, 0) is 53.1 Å². The first-order valence-corrected chi connectivity index (χ1v) is 8.68. The summed E-state index contributed by atoms with van der Waals surface area (Å²) in [7, 11) is 0. The Morgan fingerprint density at radius 2 is 1.76 bits per heavy atom. The normalized spacial score (nSPS) is 12.4. The van der Waals surface area contributed by atoms with E-state index in [2.05, 4.69) is 10.4 Å². The molecule has 0 heterocycles. The van der Waals surface area contributed by atoms with Gasteiger partial charge in [0.15, 0.2) is 5.84 Å². The molecule has 1 atom stereocenters. The number of carbonyl (C=O) groups is 1. The number of nitrogens with one attached hydrogen (secondary N) is 3. The highest BCUT2D eigenvalue weighted by Crippen LogP contribution is 2.33. The molecule has 3 rings (SSSR count). The van der Waals surface area contributed by atoms with Gasteiger partial charge in [-0.2, -0.15) is 13.2 Å². The van der Waals surface area contributed by atoms with Crippen LogP contribution in [0.1, 0.15) is 22.8 Å². The maximum absolute atomic E-state index is 12.8. The van der Waals surface area contributed by atoms with Gasteiger partial charge in [-0.25, -0.2) is 5.53 Å². The molecule has 5 nitrogen and oxygen atoms in total. The van der Waals surface area contributed by atoms with Crippen molar-refractivity contribution in [2.75, 3.05) is 0 Å². The van der Waals surface area contributed by atoms with E-state index in [-0.39, 0.29) is 5.84 Å². The summed E-state index contributed by atoms with van der Waals surface area (Å²) in [6.07, 6.45) is -4.39. The molecule has 0 bridgehead atoms.